The van der Waals surface area contributed by atoms with Gasteiger partial charge in [0, 0.05) is 17.3 Å². The molecule has 22 heavy (non-hydrogen) atoms. The number of carbonyl (C=O) groups is 2. The minimum Gasteiger partial charge on any atom is -0.480 e. The molecule has 0 bridgehead atoms. The molecular weight excluding hydrogens is 288 g/mol. The minimum atomic E-state index is -1.09. The first kappa shape index (κ1) is 15.6. The fourth-order valence-corrected chi connectivity index (χ4v) is 2.22. The molecule has 7 nitrogen and oxygen atoms in total. The molecule has 2 aromatic rings. The van der Waals surface area contributed by atoms with Gasteiger partial charge in [-0.25, -0.2) is 0 Å². The summed E-state index contributed by atoms with van der Waals surface area (Å²) in [6, 6.07) is 7.04. The van der Waals surface area contributed by atoms with Crippen molar-refractivity contribution in [3.05, 3.63) is 35.5 Å². The minimum absolute atomic E-state index is 0.381. The van der Waals surface area contributed by atoms with Crippen molar-refractivity contribution in [2.45, 2.75) is 13.8 Å². The molecule has 0 spiro atoms. The Morgan fingerprint density at radius 1 is 1.14 bits per heavy atom. The largest absolute Gasteiger partial charge is 0.480 e. The Labute approximate surface area is 126 Å². The molecule has 0 saturated heterocycles. The zero-order valence-electron chi connectivity index (χ0n) is 12.2. The Bertz CT molecular complexity index is 692. The molecule has 116 valence electrons. The highest BCUT2D eigenvalue weighted by Gasteiger charge is 2.17. The average Bonchev–Trinajstić information content (AvgIpc) is 2.83. The van der Waals surface area contributed by atoms with E-state index in [9.17, 15) is 9.59 Å². The van der Waals surface area contributed by atoms with Crippen LogP contribution in [0.25, 0.3) is 11.3 Å². The van der Waals surface area contributed by atoms with Crippen molar-refractivity contribution < 1.29 is 24.3 Å². The van der Waals surface area contributed by atoms with E-state index in [1.165, 1.54) is 4.90 Å². The summed E-state index contributed by atoms with van der Waals surface area (Å²) < 4.78 is 5.18. The van der Waals surface area contributed by atoms with E-state index in [0.717, 1.165) is 16.8 Å². The zero-order chi connectivity index (χ0) is 16.3. The van der Waals surface area contributed by atoms with Crippen molar-refractivity contribution in [1.29, 1.82) is 0 Å². The Morgan fingerprint density at radius 3 is 2.23 bits per heavy atom. The van der Waals surface area contributed by atoms with Crippen LogP contribution in [0.4, 0.5) is 5.69 Å². The molecule has 2 rings (SSSR count). The van der Waals surface area contributed by atoms with Crippen molar-refractivity contribution in [2.24, 2.45) is 0 Å². The summed E-state index contributed by atoms with van der Waals surface area (Å²) in [7, 11) is 0. The fraction of sp³-hybridized carbons (Fsp3) is 0.267. The van der Waals surface area contributed by atoms with E-state index in [2.05, 4.69) is 5.16 Å². The number of aliphatic carboxylic acids is 2. The summed E-state index contributed by atoms with van der Waals surface area (Å²) in [6.45, 7) is 2.84. The third kappa shape index (κ3) is 3.63. The van der Waals surface area contributed by atoms with Gasteiger partial charge in [0.2, 0.25) is 0 Å². The molecule has 0 unspecified atom stereocenters. The van der Waals surface area contributed by atoms with Crippen LogP contribution < -0.4 is 4.90 Å². The van der Waals surface area contributed by atoms with Crippen molar-refractivity contribution in [1.82, 2.24) is 5.16 Å². The number of carboxylic acid groups (broad SMARTS) is 2. The number of carboxylic acids is 2. The van der Waals surface area contributed by atoms with Gasteiger partial charge in [-0.2, -0.15) is 0 Å². The molecule has 0 fully saturated rings. The van der Waals surface area contributed by atoms with Gasteiger partial charge in [0.1, 0.15) is 13.1 Å². The molecule has 2 N–H and O–H groups in total. The summed E-state index contributed by atoms with van der Waals surface area (Å²) in [4.78, 5) is 23.1. The van der Waals surface area contributed by atoms with Crippen LogP contribution in [0.1, 0.15) is 11.3 Å². The lowest BCUT2D eigenvalue weighted by molar-refractivity contribution is -0.136. The van der Waals surface area contributed by atoms with Gasteiger partial charge in [0.15, 0.2) is 5.76 Å². The van der Waals surface area contributed by atoms with Crippen LogP contribution in [0.15, 0.2) is 28.8 Å². The average molecular weight is 304 g/mol. The molecule has 1 heterocycles. The van der Waals surface area contributed by atoms with Gasteiger partial charge in [-0.3, -0.25) is 9.59 Å². The van der Waals surface area contributed by atoms with Gasteiger partial charge in [-0.05, 0) is 37.6 Å². The number of hydrogen-bond donors (Lipinski definition) is 2. The predicted molar refractivity (Wildman–Crippen MR) is 78.9 cm³/mol. The van der Waals surface area contributed by atoms with Crippen molar-refractivity contribution in [3.63, 3.8) is 0 Å². The molecule has 1 aromatic carbocycles. The Balaban J connectivity index is 2.33. The second-order valence-corrected chi connectivity index (χ2v) is 4.98. The molecule has 7 heteroatoms. The van der Waals surface area contributed by atoms with E-state index in [1.807, 2.05) is 13.0 Å². The lowest BCUT2D eigenvalue weighted by Crippen LogP contribution is -2.34. The maximum absolute atomic E-state index is 10.9. The first-order chi connectivity index (χ1) is 10.4. The molecule has 0 amide bonds. The van der Waals surface area contributed by atoms with Crippen LogP contribution >= 0.6 is 0 Å². The maximum atomic E-state index is 10.9. The van der Waals surface area contributed by atoms with Gasteiger partial charge in [0.25, 0.3) is 0 Å². The lowest BCUT2D eigenvalue weighted by Gasteiger charge is -2.23. The summed E-state index contributed by atoms with van der Waals surface area (Å²) >= 11 is 0. The molecule has 0 aliphatic heterocycles. The standard InChI is InChI=1S/C15H16N2O5/c1-9-5-11(13-6-10(2)16-22-13)3-4-12(9)17(7-14(18)19)8-15(20)21/h3-6H,7-8H2,1-2H3,(H,18,19)(H,20,21). The van der Waals surface area contributed by atoms with Crippen molar-refractivity contribution >= 4 is 17.6 Å². The van der Waals surface area contributed by atoms with E-state index in [0.29, 0.717) is 11.4 Å². The third-order valence-corrected chi connectivity index (χ3v) is 3.10. The number of benzene rings is 1. The second kappa shape index (κ2) is 6.30. The van der Waals surface area contributed by atoms with Crippen LogP contribution in [-0.2, 0) is 9.59 Å². The molecule has 0 radical (unpaired) electrons. The summed E-state index contributed by atoms with van der Waals surface area (Å²) in [5, 5.41) is 21.7. The third-order valence-electron chi connectivity index (χ3n) is 3.10. The van der Waals surface area contributed by atoms with Crippen molar-refractivity contribution in [2.75, 3.05) is 18.0 Å². The lowest BCUT2D eigenvalue weighted by atomic mass is 10.1. The highest BCUT2D eigenvalue weighted by atomic mass is 16.5. The highest BCUT2D eigenvalue weighted by Crippen LogP contribution is 2.27. The Morgan fingerprint density at radius 2 is 1.77 bits per heavy atom. The number of hydrogen-bond acceptors (Lipinski definition) is 5. The Kier molecular flexibility index (Phi) is 4.45. The van der Waals surface area contributed by atoms with E-state index >= 15 is 0 Å². The topological polar surface area (TPSA) is 104 Å². The van der Waals surface area contributed by atoms with Gasteiger partial charge in [0.05, 0.1) is 5.69 Å². The summed E-state index contributed by atoms with van der Waals surface area (Å²) in [6.07, 6.45) is 0. The molecule has 0 atom stereocenters. The van der Waals surface area contributed by atoms with Crippen LogP contribution in [-0.4, -0.2) is 40.4 Å². The van der Waals surface area contributed by atoms with E-state index < -0.39 is 11.9 Å². The number of anilines is 1. The smallest absolute Gasteiger partial charge is 0.323 e. The molecule has 0 saturated carbocycles. The monoisotopic (exact) mass is 304 g/mol. The number of nitrogens with zero attached hydrogens (tertiary/aromatic N) is 2. The van der Waals surface area contributed by atoms with E-state index in [-0.39, 0.29) is 13.1 Å². The highest BCUT2D eigenvalue weighted by molar-refractivity contribution is 5.80. The fourth-order valence-electron chi connectivity index (χ4n) is 2.22. The van der Waals surface area contributed by atoms with Gasteiger partial charge < -0.3 is 19.6 Å². The van der Waals surface area contributed by atoms with Gasteiger partial charge in [-0.1, -0.05) is 5.16 Å². The zero-order valence-corrected chi connectivity index (χ0v) is 12.2. The summed E-state index contributed by atoms with van der Waals surface area (Å²) in [5.74, 6) is -1.57. The Hall–Kier alpha value is -2.83. The number of rotatable bonds is 6. The summed E-state index contributed by atoms with van der Waals surface area (Å²) in [5.41, 5.74) is 2.88. The van der Waals surface area contributed by atoms with E-state index in [4.69, 9.17) is 14.7 Å². The second-order valence-electron chi connectivity index (χ2n) is 4.98. The van der Waals surface area contributed by atoms with Crippen LogP contribution in [0.3, 0.4) is 0 Å². The van der Waals surface area contributed by atoms with Crippen molar-refractivity contribution in [3.8, 4) is 11.3 Å². The molecule has 1 aromatic heterocycles. The first-order valence-electron chi connectivity index (χ1n) is 6.59. The maximum Gasteiger partial charge on any atom is 0.323 e. The van der Waals surface area contributed by atoms with Crippen LogP contribution in [0.2, 0.25) is 0 Å². The predicted octanol–water partition coefficient (Wildman–Crippen LogP) is 1.93. The quantitative estimate of drug-likeness (QED) is 0.840. The number of aryl methyl sites for hydroxylation is 2. The van der Waals surface area contributed by atoms with Crippen LogP contribution in [0, 0.1) is 13.8 Å². The molecule has 0 aliphatic carbocycles. The number of aromatic nitrogens is 1. The van der Waals surface area contributed by atoms with E-state index in [1.54, 1.807) is 25.1 Å². The van der Waals surface area contributed by atoms with Crippen LogP contribution in [0.5, 0.6) is 0 Å². The van der Waals surface area contributed by atoms with Gasteiger partial charge in [-0.15, -0.1) is 0 Å². The SMILES string of the molecule is Cc1cc(-c2ccc(N(CC(=O)O)CC(=O)O)c(C)c2)on1. The van der Waals surface area contributed by atoms with Gasteiger partial charge >= 0.3 is 11.9 Å². The molecule has 0 aliphatic rings. The first-order valence-corrected chi connectivity index (χ1v) is 6.59. The molecular formula is C15H16N2O5. The normalized spacial score (nSPS) is 10.5.